The molecule has 1 aliphatic heterocycles. The lowest BCUT2D eigenvalue weighted by molar-refractivity contribution is 0.0224. The van der Waals surface area contributed by atoms with Crippen LogP contribution >= 0.6 is 0 Å². The number of rotatable bonds is 5. The molecule has 13 heteroatoms. The SMILES string of the molecule is Cc1c(C(=O)Nc2ccc(Oc3ccnc4cc5c(cc34)OCCOCCOCCO5)c(F)c2)c(=O)n(-c2ccc(F)cc2)n1C. The van der Waals surface area contributed by atoms with Crippen LogP contribution in [0.3, 0.4) is 0 Å². The van der Waals surface area contributed by atoms with E-state index in [1.165, 1.54) is 52.0 Å². The lowest BCUT2D eigenvalue weighted by atomic mass is 10.1. The minimum atomic E-state index is -0.751. The van der Waals surface area contributed by atoms with Gasteiger partial charge in [-0.15, -0.1) is 0 Å². The van der Waals surface area contributed by atoms with Crippen molar-refractivity contribution in [3.63, 3.8) is 0 Å². The van der Waals surface area contributed by atoms with Gasteiger partial charge < -0.3 is 29.0 Å². The molecule has 3 heterocycles. The third-order valence-electron chi connectivity index (χ3n) is 7.37. The number of amides is 1. The number of halogens is 2. The van der Waals surface area contributed by atoms with Crippen LogP contribution in [0.4, 0.5) is 14.5 Å². The van der Waals surface area contributed by atoms with Crippen LogP contribution in [0.2, 0.25) is 0 Å². The van der Waals surface area contributed by atoms with Crippen LogP contribution in [0.1, 0.15) is 16.1 Å². The topological polar surface area (TPSA) is 115 Å². The quantitative estimate of drug-likeness (QED) is 0.283. The van der Waals surface area contributed by atoms with Gasteiger partial charge in [0.05, 0.1) is 43.3 Å². The van der Waals surface area contributed by atoms with Gasteiger partial charge in [-0.05, 0) is 55.5 Å². The second-order valence-electron chi connectivity index (χ2n) is 10.3. The second-order valence-corrected chi connectivity index (χ2v) is 10.3. The lowest BCUT2D eigenvalue weighted by Crippen LogP contribution is -2.25. The van der Waals surface area contributed by atoms with Crippen molar-refractivity contribution in [1.82, 2.24) is 14.3 Å². The summed E-state index contributed by atoms with van der Waals surface area (Å²) in [5.74, 6) is -0.786. The van der Waals surface area contributed by atoms with Crippen molar-refractivity contribution in [3.05, 3.63) is 100 Å². The molecule has 0 saturated carbocycles. The standard InChI is InChI=1S/C33H30F2N4O7/c1-20-31(33(41)39(38(20)2)23-6-3-21(34)4-7-23)32(40)37-22-5-8-28(25(35)17-22)46-27-9-10-36-26-19-30-29(18-24(26)27)44-15-13-42-11-12-43-14-16-45-30/h3-10,17-19H,11-16H2,1-2H3,(H,37,40). The molecule has 0 fully saturated rings. The number of aromatic nitrogens is 3. The third-order valence-corrected chi connectivity index (χ3v) is 7.37. The van der Waals surface area contributed by atoms with Gasteiger partial charge in [0.25, 0.3) is 11.5 Å². The molecule has 238 valence electrons. The molecule has 5 aromatic rings. The summed E-state index contributed by atoms with van der Waals surface area (Å²) in [5.41, 5.74) is 0.680. The molecule has 2 aromatic heterocycles. The highest BCUT2D eigenvalue weighted by atomic mass is 19.1. The fraction of sp³-hybridized carbons (Fsp3) is 0.242. The lowest BCUT2D eigenvalue weighted by Gasteiger charge is -2.17. The predicted molar refractivity (Wildman–Crippen MR) is 165 cm³/mol. The summed E-state index contributed by atoms with van der Waals surface area (Å²) >= 11 is 0. The van der Waals surface area contributed by atoms with Gasteiger partial charge in [0.15, 0.2) is 23.1 Å². The van der Waals surface area contributed by atoms with Gasteiger partial charge in [-0.25, -0.2) is 13.5 Å². The maximum absolute atomic E-state index is 15.3. The largest absolute Gasteiger partial charge is 0.487 e. The summed E-state index contributed by atoms with van der Waals surface area (Å²) in [7, 11) is 1.61. The van der Waals surface area contributed by atoms with E-state index < -0.39 is 23.1 Å². The van der Waals surface area contributed by atoms with Crippen LogP contribution in [-0.4, -0.2) is 59.9 Å². The highest BCUT2D eigenvalue weighted by Gasteiger charge is 2.23. The van der Waals surface area contributed by atoms with Crippen molar-refractivity contribution in [2.24, 2.45) is 7.05 Å². The number of benzene rings is 3. The summed E-state index contributed by atoms with van der Waals surface area (Å²) in [6.45, 7) is 3.85. The van der Waals surface area contributed by atoms with Gasteiger partial charge in [-0.3, -0.25) is 19.3 Å². The summed E-state index contributed by atoms with van der Waals surface area (Å²) in [6, 6.07) is 14.3. The highest BCUT2D eigenvalue weighted by molar-refractivity contribution is 6.05. The Bertz CT molecular complexity index is 1960. The number of hydrogen-bond acceptors (Lipinski definition) is 8. The molecule has 6 rings (SSSR count). The molecular weight excluding hydrogens is 602 g/mol. The number of anilines is 1. The van der Waals surface area contributed by atoms with Crippen LogP contribution in [0.15, 0.2) is 71.7 Å². The monoisotopic (exact) mass is 632 g/mol. The summed E-state index contributed by atoms with van der Waals surface area (Å²) in [5, 5.41) is 3.14. The number of pyridine rings is 1. The van der Waals surface area contributed by atoms with Crippen LogP contribution < -0.4 is 25.1 Å². The predicted octanol–water partition coefficient (Wildman–Crippen LogP) is 5.16. The Morgan fingerprint density at radius 3 is 2.24 bits per heavy atom. The molecule has 3 aromatic carbocycles. The van der Waals surface area contributed by atoms with E-state index in [1.807, 2.05) is 0 Å². The number of nitrogens with zero attached hydrogens (tertiary/aromatic N) is 3. The Morgan fingerprint density at radius 2 is 1.54 bits per heavy atom. The Morgan fingerprint density at radius 1 is 0.870 bits per heavy atom. The number of ether oxygens (including phenoxy) is 5. The summed E-state index contributed by atoms with van der Waals surface area (Å²) in [4.78, 5) is 30.8. The van der Waals surface area contributed by atoms with E-state index in [1.54, 1.807) is 32.2 Å². The first kappa shape index (κ1) is 30.7. The number of carbonyl (C=O) groups is 1. The van der Waals surface area contributed by atoms with Gasteiger partial charge in [-0.1, -0.05) is 0 Å². The number of fused-ring (bicyclic) bond motifs is 2. The molecule has 0 bridgehead atoms. The maximum Gasteiger partial charge on any atom is 0.284 e. The van der Waals surface area contributed by atoms with Crippen molar-refractivity contribution in [3.8, 4) is 28.7 Å². The molecule has 11 nitrogen and oxygen atoms in total. The van der Waals surface area contributed by atoms with E-state index >= 15 is 4.39 Å². The van der Waals surface area contributed by atoms with Crippen molar-refractivity contribution in [2.75, 3.05) is 45.0 Å². The van der Waals surface area contributed by atoms with Gasteiger partial charge >= 0.3 is 0 Å². The molecule has 0 unspecified atom stereocenters. The first-order chi connectivity index (χ1) is 22.3. The molecular formula is C33H30F2N4O7. The normalized spacial score (nSPS) is 13.9. The zero-order valence-corrected chi connectivity index (χ0v) is 25.0. The van der Waals surface area contributed by atoms with E-state index in [9.17, 15) is 14.0 Å². The minimum Gasteiger partial charge on any atom is -0.487 e. The van der Waals surface area contributed by atoms with Crippen LogP contribution in [0.25, 0.3) is 16.6 Å². The molecule has 0 saturated heterocycles. The Balaban J connectivity index is 1.23. The van der Waals surface area contributed by atoms with Crippen molar-refractivity contribution < 1.29 is 37.3 Å². The molecule has 0 spiro atoms. The Kier molecular flexibility index (Phi) is 8.94. The van der Waals surface area contributed by atoms with E-state index in [2.05, 4.69) is 10.3 Å². The number of carbonyl (C=O) groups excluding carboxylic acids is 1. The smallest absolute Gasteiger partial charge is 0.284 e. The number of nitrogens with one attached hydrogen (secondary N) is 1. The minimum absolute atomic E-state index is 0.101. The Labute approximate surface area is 261 Å². The molecule has 46 heavy (non-hydrogen) atoms. The van der Waals surface area contributed by atoms with Crippen LogP contribution in [0, 0.1) is 18.6 Å². The van der Waals surface area contributed by atoms with E-state index in [0.29, 0.717) is 72.6 Å². The van der Waals surface area contributed by atoms with Crippen molar-refractivity contribution in [2.45, 2.75) is 6.92 Å². The second kappa shape index (κ2) is 13.4. The molecule has 0 atom stereocenters. The summed E-state index contributed by atoms with van der Waals surface area (Å²) < 4.78 is 60.2. The van der Waals surface area contributed by atoms with Crippen molar-refractivity contribution >= 4 is 22.5 Å². The molecule has 1 amide bonds. The highest BCUT2D eigenvalue weighted by Crippen LogP contribution is 2.38. The van der Waals surface area contributed by atoms with Gasteiger partial charge in [0, 0.05) is 36.5 Å². The fourth-order valence-corrected chi connectivity index (χ4v) is 5.00. The van der Waals surface area contributed by atoms with Gasteiger partial charge in [0.1, 0.15) is 30.3 Å². The Hall–Kier alpha value is -5.27. The first-order valence-corrected chi connectivity index (χ1v) is 14.5. The molecule has 0 radical (unpaired) electrons. The molecule has 0 aliphatic carbocycles. The molecule has 1 N–H and O–H groups in total. The fourth-order valence-electron chi connectivity index (χ4n) is 5.00. The maximum atomic E-state index is 15.3. The van der Waals surface area contributed by atoms with Gasteiger partial charge in [-0.2, -0.15) is 0 Å². The third kappa shape index (κ3) is 6.41. The zero-order valence-electron chi connectivity index (χ0n) is 25.0. The van der Waals surface area contributed by atoms with Gasteiger partial charge in [0.2, 0.25) is 0 Å². The van der Waals surface area contributed by atoms with Crippen molar-refractivity contribution in [1.29, 1.82) is 0 Å². The average Bonchev–Trinajstić information content (AvgIpc) is 3.26. The first-order valence-electron chi connectivity index (χ1n) is 14.5. The van der Waals surface area contributed by atoms with Crippen LogP contribution in [0.5, 0.6) is 23.0 Å². The summed E-state index contributed by atoms with van der Waals surface area (Å²) in [6.07, 6.45) is 1.53. The average molecular weight is 633 g/mol. The van der Waals surface area contributed by atoms with Crippen LogP contribution in [-0.2, 0) is 16.5 Å². The van der Waals surface area contributed by atoms with E-state index in [-0.39, 0.29) is 23.6 Å². The zero-order chi connectivity index (χ0) is 32.2. The molecule has 1 aliphatic rings. The van der Waals surface area contributed by atoms with E-state index in [0.717, 1.165) is 6.07 Å². The van der Waals surface area contributed by atoms with E-state index in [4.69, 9.17) is 23.7 Å². The number of hydrogen-bond donors (Lipinski definition) is 1.